The fraction of sp³-hybridized carbons (Fsp3) is 0.500. The molecule has 98 valence electrons. The molecule has 6 heteroatoms. The van der Waals surface area contributed by atoms with Gasteiger partial charge in [-0.1, -0.05) is 6.07 Å². The molecule has 1 N–H and O–H groups in total. The number of halogens is 1. The largest absolute Gasteiger partial charge is 0.465 e. The van der Waals surface area contributed by atoms with Gasteiger partial charge >= 0.3 is 6.09 Å². The Balaban J connectivity index is 1.95. The summed E-state index contributed by atoms with van der Waals surface area (Å²) in [6.07, 6.45) is -0.831. The first kappa shape index (κ1) is 13.3. The predicted molar refractivity (Wildman–Crippen MR) is 71.4 cm³/mol. The average molecular weight is 314 g/mol. The van der Waals surface area contributed by atoms with E-state index in [1.165, 1.54) is 4.90 Å². The fourth-order valence-electron chi connectivity index (χ4n) is 2.23. The van der Waals surface area contributed by atoms with Gasteiger partial charge in [-0.25, -0.2) is 9.78 Å². The van der Waals surface area contributed by atoms with Crippen LogP contribution in [0.3, 0.4) is 0 Å². The fourth-order valence-corrected chi connectivity index (χ4v) is 2.61. The first-order valence-electron chi connectivity index (χ1n) is 5.89. The third-order valence-electron chi connectivity index (χ3n) is 3.12. The molecule has 1 aliphatic heterocycles. The monoisotopic (exact) mass is 313 g/mol. The van der Waals surface area contributed by atoms with Crippen molar-refractivity contribution in [3.63, 3.8) is 0 Å². The summed E-state index contributed by atoms with van der Waals surface area (Å²) in [5, 5.41) is 9.01. The Labute approximate surface area is 115 Å². The molecule has 2 heterocycles. The molecule has 0 unspecified atom stereocenters. The molecule has 1 aliphatic rings. The normalized spacial score (nSPS) is 21.0. The lowest BCUT2D eigenvalue weighted by Gasteiger charge is -2.38. The van der Waals surface area contributed by atoms with E-state index >= 15 is 0 Å². The van der Waals surface area contributed by atoms with E-state index < -0.39 is 6.09 Å². The van der Waals surface area contributed by atoms with E-state index in [4.69, 9.17) is 5.11 Å². The van der Waals surface area contributed by atoms with Crippen LogP contribution in [0.15, 0.2) is 22.8 Å². The molecule has 2 rings (SSSR count). The van der Waals surface area contributed by atoms with Crippen molar-refractivity contribution in [1.82, 2.24) is 14.8 Å². The van der Waals surface area contributed by atoms with Crippen LogP contribution in [0.5, 0.6) is 0 Å². The van der Waals surface area contributed by atoms with E-state index in [1.54, 1.807) is 0 Å². The standard InChI is InChI=1S/C12H16BrN3O2/c1-9-7-15(5-6-16(9)12(17)18)8-10-3-2-4-11(13)14-10/h2-4,9H,5-8H2,1H3,(H,17,18)/t9-/m0/s1. The quantitative estimate of drug-likeness (QED) is 0.849. The number of nitrogens with zero attached hydrogens (tertiary/aromatic N) is 3. The zero-order valence-electron chi connectivity index (χ0n) is 10.2. The number of amides is 1. The molecule has 18 heavy (non-hydrogen) atoms. The molecular weight excluding hydrogens is 298 g/mol. The Morgan fingerprint density at radius 2 is 2.33 bits per heavy atom. The molecule has 1 amide bonds. The maximum absolute atomic E-state index is 11.0. The van der Waals surface area contributed by atoms with Crippen molar-refractivity contribution >= 4 is 22.0 Å². The van der Waals surface area contributed by atoms with E-state index in [9.17, 15) is 4.79 Å². The highest BCUT2D eigenvalue weighted by molar-refractivity contribution is 9.10. The van der Waals surface area contributed by atoms with Crippen LogP contribution >= 0.6 is 15.9 Å². The number of hydrogen-bond donors (Lipinski definition) is 1. The molecule has 1 fully saturated rings. The molecule has 5 nitrogen and oxygen atoms in total. The lowest BCUT2D eigenvalue weighted by molar-refractivity contribution is 0.0706. The summed E-state index contributed by atoms with van der Waals surface area (Å²) >= 11 is 3.35. The smallest absolute Gasteiger partial charge is 0.407 e. The number of carboxylic acid groups (broad SMARTS) is 1. The first-order valence-corrected chi connectivity index (χ1v) is 6.69. The Hall–Kier alpha value is -1.14. The maximum Gasteiger partial charge on any atom is 0.407 e. The van der Waals surface area contributed by atoms with E-state index in [0.29, 0.717) is 6.54 Å². The highest BCUT2D eigenvalue weighted by Crippen LogP contribution is 2.13. The van der Waals surface area contributed by atoms with Crippen molar-refractivity contribution in [2.45, 2.75) is 19.5 Å². The molecule has 0 saturated carbocycles. The maximum atomic E-state index is 11.0. The van der Waals surface area contributed by atoms with E-state index in [0.717, 1.165) is 29.9 Å². The van der Waals surface area contributed by atoms with Crippen LogP contribution < -0.4 is 0 Å². The van der Waals surface area contributed by atoms with E-state index in [-0.39, 0.29) is 6.04 Å². The minimum absolute atomic E-state index is 0.0309. The predicted octanol–water partition coefficient (Wildman–Crippen LogP) is 2.03. The number of aromatic nitrogens is 1. The SMILES string of the molecule is C[C@H]1CN(Cc2cccc(Br)n2)CCN1C(=O)O. The summed E-state index contributed by atoms with van der Waals surface area (Å²) in [5.74, 6) is 0. The third kappa shape index (κ3) is 3.20. The van der Waals surface area contributed by atoms with Crippen LogP contribution in [-0.4, -0.2) is 51.7 Å². The molecule has 1 saturated heterocycles. The highest BCUT2D eigenvalue weighted by atomic mass is 79.9. The molecule has 0 radical (unpaired) electrons. The summed E-state index contributed by atoms with van der Waals surface area (Å²) in [7, 11) is 0. The number of piperazine rings is 1. The van der Waals surface area contributed by atoms with Crippen molar-refractivity contribution < 1.29 is 9.90 Å². The summed E-state index contributed by atoms with van der Waals surface area (Å²) in [5.41, 5.74) is 1.00. The van der Waals surface area contributed by atoms with E-state index in [1.807, 2.05) is 25.1 Å². The zero-order valence-corrected chi connectivity index (χ0v) is 11.8. The summed E-state index contributed by atoms with van der Waals surface area (Å²) in [6.45, 7) is 4.77. The lowest BCUT2D eigenvalue weighted by Crippen LogP contribution is -2.53. The number of rotatable bonds is 2. The van der Waals surface area contributed by atoms with Crippen LogP contribution in [0.25, 0.3) is 0 Å². The van der Waals surface area contributed by atoms with Crippen molar-refractivity contribution in [2.75, 3.05) is 19.6 Å². The molecular formula is C12H16BrN3O2. The second kappa shape index (κ2) is 5.67. The van der Waals surface area contributed by atoms with Crippen LogP contribution in [0.4, 0.5) is 4.79 Å². The van der Waals surface area contributed by atoms with Crippen molar-refractivity contribution in [2.24, 2.45) is 0 Å². The Morgan fingerprint density at radius 1 is 1.56 bits per heavy atom. The Kier molecular flexibility index (Phi) is 4.19. The minimum atomic E-state index is -0.831. The second-order valence-corrected chi connectivity index (χ2v) is 5.32. The van der Waals surface area contributed by atoms with Gasteiger partial charge in [-0.15, -0.1) is 0 Å². The van der Waals surface area contributed by atoms with Crippen molar-refractivity contribution in [3.05, 3.63) is 28.5 Å². The van der Waals surface area contributed by atoms with Gasteiger partial charge in [0.15, 0.2) is 0 Å². The van der Waals surface area contributed by atoms with Gasteiger partial charge in [-0.05, 0) is 35.0 Å². The van der Waals surface area contributed by atoms with Crippen LogP contribution in [0.1, 0.15) is 12.6 Å². The first-order chi connectivity index (χ1) is 8.56. The molecule has 0 aromatic carbocycles. The van der Waals surface area contributed by atoms with Gasteiger partial charge < -0.3 is 10.0 Å². The number of pyridine rings is 1. The third-order valence-corrected chi connectivity index (χ3v) is 3.56. The minimum Gasteiger partial charge on any atom is -0.465 e. The summed E-state index contributed by atoms with van der Waals surface area (Å²) in [4.78, 5) is 19.1. The van der Waals surface area contributed by atoms with Gasteiger partial charge in [0.25, 0.3) is 0 Å². The number of hydrogen-bond acceptors (Lipinski definition) is 3. The topological polar surface area (TPSA) is 56.7 Å². The van der Waals surface area contributed by atoms with Gasteiger partial charge in [0.1, 0.15) is 4.60 Å². The molecule has 1 aromatic rings. The second-order valence-electron chi connectivity index (χ2n) is 4.51. The van der Waals surface area contributed by atoms with Gasteiger partial charge in [0, 0.05) is 32.2 Å². The van der Waals surface area contributed by atoms with Gasteiger partial charge in [0.2, 0.25) is 0 Å². The summed E-state index contributed by atoms with van der Waals surface area (Å²) < 4.78 is 0.831. The molecule has 0 spiro atoms. The van der Waals surface area contributed by atoms with Crippen LogP contribution in [0.2, 0.25) is 0 Å². The van der Waals surface area contributed by atoms with E-state index in [2.05, 4.69) is 25.8 Å². The Bertz CT molecular complexity index is 441. The lowest BCUT2D eigenvalue weighted by atomic mass is 10.2. The summed E-state index contributed by atoms with van der Waals surface area (Å²) in [6, 6.07) is 5.88. The molecule has 1 atom stereocenters. The Morgan fingerprint density at radius 3 is 2.94 bits per heavy atom. The van der Waals surface area contributed by atoms with Gasteiger partial charge in [-0.2, -0.15) is 0 Å². The molecule has 0 bridgehead atoms. The van der Waals surface area contributed by atoms with Crippen LogP contribution in [0, 0.1) is 0 Å². The average Bonchev–Trinajstić information content (AvgIpc) is 2.28. The van der Waals surface area contributed by atoms with Crippen molar-refractivity contribution in [3.8, 4) is 0 Å². The highest BCUT2D eigenvalue weighted by Gasteiger charge is 2.26. The number of carbonyl (C=O) groups is 1. The van der Waals surface area contributed by atoms with Gasteiger partial charge in [-0.3, -0.25) is 4.90 Å². The molecule has 0 aliphatic carbocycles. The van der Waals surface area contributed by atoms with Crippen LogP contribution in [-0.2, 0) is 6.54 Å². The van der Waals surface area contributed by atoms with Gasteiger partial charge in [0.05, 0.1) is 5.69 Å². The zero-order chi connectivity index (χ0) is 13.1. The van der Waals surface area contributed by atoms with Crippen molar-refractivity contribution in [1.29, 1.82) is 0 Å². The molecule has 1 aromatic heterocycles.